The molecule has 1 aromatic carbocycles. The van der Waals surface area contributed by atoms with Crippen LogP contribution >= 0.6 is 11.8 Å². The van der Waals surface area contributed by atoms with Gasteiger partial charge in [-0.15, -0.1) is 11.8 Å². The predicted octanol–water partition coefficient (Wildman–Crippen LogP) is 2.94. The second-order valence-corrected chi connectivity index (χ2v) is 10.2. The normalized spacial score (nSPS) is 17.3. The van der Waals surface area contributed by atoms with E-state index in [4.69, 9.17) is 4.74 Å². The van der Waals surface area contributed by atoms with Crippen LogP contribution in [0.2, 0.25) is 0 Å². The standard InChI is InChI=1S/C26H29N5O4S/c1-35-23-5-3-18-24(30-23)19(6-10-27-18)29-25(34)26(16-32)8-12-31(13-9-26)11-7-17-2-4-21-20(14-17)28-22(33)15-36-21/h2-6,10,14,32H,7-9,11-13,15-16H2,1H3,(H,28,33)(H,27,29,34). The van der Waals surface area contributed by atoms with Crippen molar-refractivity contribution in [3.05, 3.63) is 48.2 Å². The third kappa shape index (κ3) is 5.02. The number of anilines is 2. The third-order valence-electron chi connectivity index (χ3n) is 7.01. The van der Waals surface area contributed by atoms with Crippen LogP contribution in [0.3, 0.4) is 0 Å². The minimum Gasteiger partial charge on any atom is -0.481 e. The highest BCUT2D eigenvalue weighted by atomic mass is 32.2. The number of likely N-dealkylation sites (tertiary alicyclic amines) is 1. The number of carbonyl (C=O) groups is 2. The Morgan fingerprint density at radius 1 is 1.25 bits per heavy atom. The van der Waals surface area contributed by atoms with E-state index >= 15 is 0 Å². The summed E-state index contributed by atoms with van der Waals surface area (Å²) >= 11 is 1.56. The summed E-state index contributed by atoms with van der Waals surface area (Å²) in [7, 11) is 1.54. The van der Waals surface area contributed by atoms with Crippen LogP contribution in [0.1, 0.15) is 18.4 Å². The summed E-state index contributed by atoms with van der Waals surface area (Å²) in [6.45, 7) is 2.07. The van der Waals surface area contributed by atoms with Gasteiger partial charge in [0.2, 0.25) is 17.7 Å². The zero-order valence-corrected chi connectivity index (χ0v) is 20.9. The van der Waals surface area contributed by atoms with Crippen LogP contribution in [0.15, 0.2) is 47.5 Å². The van der Waals surface area contributed by atoms with Crippen LogP contribution < -0.4 is 15.4 Å². The van der Waals surface area contributed by atoms with E-state index in [1.165, 1.54) is 5.56 Å². The number of pyridine rings is 2. The number of thioether (sulfide) groups is 1. The summed E-state index contributed by atoms with van der Waals surface area (Å²) in [4.78, 5) is 37.2. The molecule has 9 nitrogen and oxygen atoms in total. The van der Waals surface area contributed by atoms with Gasteiger partial charge in [0.05, 0.1) is 41.8 Å². The van der Waals surface area contributed by atoms with E-state index < -0.39 is 5.41 Å². The number of aliphatic hydroxyl groups excluding tert-OH is 1. The minimum atomic E-state index is -0.849. The second kappa shape index (κ2) is 10.4. The summed E-state index contributed by atoms with van der Waals surface area (Å²) in [5, 5.41) is 16.2. The smallest absolute Gasteiger partial charge is 0.234 e. The van der Waals surface area contributed by atoms with Crippen LogP contribution in [0.25, 0.3) is 11.0 Å². The first-order chi connectivity index (χ1) is 17.5. The monoisotopic (exact) mass is 507 g/mol. The fourth-order valence-electron chi connectivity index (χ4n) is 4.71. The molecule has 0 atom stereocenters. The van der Waals surface area contributed by atoms with Crippen molar-refractivity contribution in [3.63, 3.8) is 0 Å². The van der Waals surface area contributed by atoms with Crippen molar-refractivity contribution in [2.75, 3.05) is 49.7 Å². The minimum absolute atomic E-state index is 0.0361. The quantitative estimate of drug-likeness (QED) is 0.447. The number of nitrogens with zero attached hydrogens (tertiary/aromatic N) is 3. The van der Waals surface area contributed by atoms with Gasteiger partial charge >= 0.3 is 0 Å². The van der Waals surface area contributed by atoms with E-state index in [1.807, 2.05) is 0 Å². The highest BCUT2D eigenvalue weighted by molar-refractivity contribution is 8.00. The summed E-state index contributed by atoms with van der Waals surface area (Å²) in [6, 6.07) is 11.5. The number of methoxy groups -OCH3 is 1. The van der Waals surface area contributed by atoms with Gasteiger partial charge in [0, 0.05) is 23.7 Å². The first kappa shape index (κ1) is 24.5. The molecule has 2 amide bonds. The lowest BCUT2D eigenvalue weighted by Crippen LogP contribution is -2.49. The maximum absolute atomic E-state index is 13.4. The summed E-state index contributed by atoms with van der Waals surface area (Å²) in [5.41, 5.74) is 2.96. The molecule has 0 saturated carbocycles. The Hall–Kier alpha value is -3.21. The van der Waals surface area contributed by atoms with Crippen molar-refractivity contribution in [1.29, 1.82) is 0 Å². The molecule has 0 radical (unpaired) electrons. The first-order valence-electron chi connectivity index (χ1n) is 12.0. The fraction of sp³-hybridized carbons (Fsp3) is 0.385. The molecule has 2 aliphatic rings. The number of amides is 2. The number of piperidine rings is 1. The number of aliphatic hydroxyl groups is 1. The molecule has 3 aromatic rings. The van der Waals surface area contributed by atoms with E-state index in [1.54, 1.807) is 43.3 Å². The lowest BCUT2D eigenvalue weighted by Gasteiger charge is -2.39. The molecule has 188 valence electrons. The van der Waals surface area contributed by atoms with E-state index in [9.17, 15) is 14.7 Å². The Morgan fingerprint density at radius 3 is 2.86 bits per heavy atom. The molecule has 36 heavy (non-hydrogen) atoms. The van der Waals surface area contributed by atoms with Gasteiger partial charge in [-0.2, -0.15) is 0 Å². The SMILES string of the molecule is COc1ccc2nccc(NC(=O)C3(CO)CCN(CCc4ccc5c(c4)NC(=O)CS5)CC3)c2n1. The molecular weight excluding hydrogens is 478 g/mol. The molecule has 0 unspecified atom stereocenters. The molecule has 10 heteroatoms. The maximum atomic E-state index is 13.4. The van der Waals surface area contributed by atoms with Crippen molar-refractivity contribution in [1.82, 2.24) is 14.9 Å². The third-order valence-corrected chi connectivity index (χ3v) is 8.08. The van der Waals surface area contributed by atoms with Gasteiger partial charge in [0.1, 0.15) is 5.52 Å². The molecule has 0 spiro atoms. The lowest BCUT2D eigenvalue weighted by molar-refractivity contribution is -0.131. The summed E-state index contributed by atoms with van der Waals surface area (Å²) in [6.07, 6.45) is 3.60. The van der Waals surface area contributed by atoms with Gasteiger partial charge in [-0.25, -0.2) is 4.98 Å². The average Bonchev–Trinajstić information content (AvgIpc) is 2.91. The highest BCUT2D eigenvalue weighted by Gasteiger charge is 2.41. The van der Waals surface area contributed by atoms with Crippen LogP contribution in [0, 0.1) is 5.41 Å². The van der Waals surface area contributed by atoms with Gasteiger partial charge in [0.15, 0.2) is 0 Å². The lowest BCUT2D eigenvalue weighted by atomic mass is 9.78. The van der Waals surface area contributed by atoms with Crippen molar-refractivity contribution in [2.24, 2.45) is 5.41 Å². The molecule has 1 saturated heterocycles. The van der Waals surface area contributed by atoms with E-state index in [-0.39, 0.29) is 18.4 Å². The Morgan fingerprint density at radius 2 is 2.08 bits per heavy atom. The number of benzene rings is 1. The summed E-state index contributed by atoms with van der Waals surface area (Å²) in [5.74, 6) is 0.734. The topological polar surface area (TPSA) is 117 Å². The number of nitrogens with one attached hydrogen (secondary N) is 2. The van der Waals surface area contributed by atoms with Gasteiger partial charge in [-0.3, -0.25) is 14.6 Å². The molecule has 2 aromatic heterocycles. The van der Waals surface area contributed by atoms with Crippen molar-refractivity contribution in [2.45, 2.75) is 24.2 Å². The number of hydrogen-bond donors (Lipinski definition) is 3. The molecule has 2 aliphatic heterocycles. The Kier molecular flexibility index (Phi) is 7.08. The van der Waals surface area contributed by atoms with Gasteiger partial charge in [-0.05, 0) is 62.2 Å². The van der Waals surface area contributed by atoms with Gasteiger partial charge in [0.25, 0.3) is 0 Å². The molecule has 0 bridgehead atoms. The number of ether oxygens (including phenoxy) is 1. The van der Waals surface area contributed by atoms with Gasteiger partial charge in [-0.1, -0.05) is 6.07 Å². The van der Waals surface area contributed by atoms with Crippen LogP contribution in [0.4, 0.5) is 11.4 Å². The number of hydrogen-bond acceptors (Lipinski definition) is 8. The molecule has 5 rings (SSSR count). The van der Waals surface area contributed by atoms with Crippen molar-refractivity contribution in [3.8, 4) is 5.88 Å². The largest absolute Gasteiger partial charge is 0.481 e. The molecule has 3 N–H and O–H groups in total. The predicted molar refractivity (Wildman–Crippen MR) is 139 cm³/mol. The Bertz CT molecular complexity index is 1290. The van der Waals surface area contributed by atoms with Crippen LogP contribution in [0.5, 0.6) is 5.88 Å². The number of rotatable bonds is 7. The van der Waals surface area contributed by atoms with E-state index in [0.717, 1.165) is 23.5 Å². The highest BCUT2D eigenvalue weighted by Crippen LogP contribution is 2.35. The Balaban J connectivity index is 1.21. The first-order valence-corrected chi connectivity index (χ1v) is 13.0. The van der Waals surface area contributed by atoms with E-state index in [2.05, 4.69) is 43.7 Å². The average molecular weight is 508 g/mol. The van der Waals surface area contributed by atoms with Crippen LogP contribution in [-0.2, 0) is 16.0 Å². The zero-order chi connectivity index (χ0) is 25.1. The summed E-state index contributed by atoms with van der Waals surface area (Å²) < 4.78 is 5.22. The molecular formula is C26H29N5O4S. The molecule has 1 fully saturated rings. The van der Waals surface area contributed by atoms with Crippen LogP contribution in [-0.4, -0.2) is 70.9 Å². The number of fused-ring (bicyclic) bond motifs is 2. The van der Waals surface area contributed by atoms with Crippen molar-refractivity contribution < 1.29 is 19.4 Å². The van der Waals surface area contributed by atoms with Crippen molar-refractivity contribution >= 4 is 46.0 Å². The fourth-order valence-corrected chi connectivity index (χ4v) is 5.50. The molecule has 0 aliphatic carbocycles. The zero-order valence-electron chi connectivity index (χ0n) is 20.1. The maximum Gasteiger partial charge on any atom is 0.234 e. The van der Waals surface area contributed by atoms with E-state index in [0.29, 0.717) is 54.3 Å². The number of carbonyl (C=O) groups excluding carboxylic acids is 2. The molecule has 4 heterocycles. The van der Waals surface area contributed by atoms with Gasteiger partial charge < -0.3 is 25.4 Å². The second-order valence-electron chi connectivity index (χ2n) is 9.23. The Labute approximate surface area is 213 Å². The number of aromatic nitrogens is 2.